The maximum atomic E-state index is 5.88. The summed E-state index contributed by atoms with van der Waals surface area (Å²) in [4.78, 5) is 0. The fraction of sp³-hybridized carbons (Fsp3) is 1.00. The van der Waals surface area contributed by atoms with Crippen molar-refractivity contribution in [2.45, 2.75) is 79.1 Å². The Hall–Kier alpha value is -0.0400. The van der Waals surface area contributed by atoms with Crippen LogP contribution in [0.2, 0.25) is 0 Å². The van der Waals surface area contributed by atoms with Crippen molar-refractivity contribution in [1.82, 2.24) is 0 Å². The molecule has 1 rings (SSSR count). The smallest absolute Gasteiger partial charge is 0.00720 e. The third-order valence-electron chi connectivity index (χ3n) is 5.74. The highest BCUT2D eigenvalue weighted by atomic mass is 14.6. The molecule has 0 aliphatic heterocycles. The van der Waals surface area contributed by atoms with Gasteiger partial charge < -0.3 is 5.73 Å². The van der Waals surface area contributed by atoms with Crippen LogP contribution in [-0.4, -0.2) is 6.54 Å². The fourth-order valence-corrected chi connectivity index (χ4v) is 4.29. The quantitative estimate of drug-likeness (QED) is 0.679. The summed E-state index contributed by atoms with van der Waals surface area (Å²) in [5.41, 5.74) is 6.37. The number of rotatable bonds is 7. The van der Waals surface area contributed by atoms with Gasteiger partial charge >= 0.3 is 0 Å². The SMILES string of the molecule is CCCC1CCC(CC)C(C(C)(CC)CCN)C1. The van der Waals surface area contributed by atoms with Crippen molar-refractivity contribution in [3.8, 4) is 0 Å². The molecule has 4 atom stereocenters. The average molecular weight is 253 g/mol. The van der Waals surface area contributed by atoms with Gasteiger partial charge in [-0.05, 0) is 49.0 Å². The van der Waals surface area contributed by atoms with Crippen molar-refractivity contribution in [3.05, 3.63) is 0 Å². The van der Waals surface area contributed by atoms with Crippen molar-refractivity contribution in [1.29, 1.82) is 0 Å². The van der Waals surface area contributed by atoms with E-state index in [-0.39, 0.29) is 0 Å². The van der Waals surface area contributed by atoms with E-state index in [1.54, 1.807) is 0 Å². The first-order chi connectivity index (χ1) is 8.61. The second-order valence-corrected chi connectivity index (χ2v) is 6.79. The Labute approximate surface area is 115 Å². The Bertz CT molecular complexity index is 226. The van der Waals surface area contributed by atoms with Crippen LogP contribution in [0.15, 0.2) is 0 Å². The van der Waals surface area contributed by atoms with Gasteiger partial charge in [0.2, 0.25) is 0 Å². The van der Waals surface area contributed by atoms with E-state index in [1.165, 1.54) is 51.4 Å². The van der Waals surface area contributed by atoms with Crippen LogP contribution in [0.1, 0.15) is 79.1 Å². The highest BCUT2D eigenvalue weighted by Crippen LogP contribution is 2.49. The van der Waals surface area contributed by atoms with Gasteiger partial charge in [-0.2, -0.15) is 0 Å². The van der Waals surface area contributed by atoms with Crippen LogP contribution in [0.3, 0.4) is 0 Å². The normalized spacial score (nSPS) is 32.2. The van der Waals surface area contributed by atoms with Crippen molar-refractivity contribution in [2.75, 3.05) is 6.54 Å². The van der Waals surface area contributed by atoms with Gasteiger partial charge in [-0.25, -0.2) is 0 Å². The van der Waals surface area contributed by atoms with Gasteiger partial charge in [-0.3, -0.25) is 0 Å². The Morgan fingerprint density at radius 1 is 1.17 bits per heavy atom. The number of hydrogen-bond donors (Lipinski definition) is 1. The molecule has 108 valence electrons. The number of nitrogens with two attached hydrogens (primary N) is 1. The third-order valence-corrected chi connectivity index (χ3v) is 5.74. The highest BCUT2D eigenvalue weighted by molar-refractivity contribution is 4.90. The molecule has 1 nitrogen and oxygen atoms in total. The number of hydrogen-bond acceptors (Lipinski definition) is 1. The molecular formula is C17H35N. The van der Waals surface area contributed by atoms with E-state index in [2.05, 4.69) is 27.7 Å². The largest absolute Gasteiger partial charge is 0.330 e. The lowest BCUT2D eigenvalue weighted by Crippen LogP contribution is -2.38. The Balaban J connectivity index is 2.77. The zero-order valence-corrected chi connectivity index (χ0v) is 13.2. The maximum Gasteiger partial charge on any atom is -0.00720 e. The molecule has 0 spiro atoms. The molecular weight excluding hydrogens is 218 g/mol. The standard InChI is InChI=1S/C17H35N/c1-5-8-14-9-10-15(6-2)16(13-14)17(4,7-3)11-12-18/h14-16H,5-13,18H2,1-4H3. The minimum absolute atomic E-state index is 0.488. The minimum Gasteiger partial charge on any atom is -0.330 e. The lowest BCUT2D eigenvalue weighted by molar-refractivity contribution is 0.0377. The third kappa shape index (κ3) is 3.73. The summed E-state index contributed by atoms with van der Waals surface area (Å²) in [6, 6.07) is 0. The van der Waals surface area contributed by atoms with E-state index in [0.717, 1.165) is 24.3 Å². The van der Waals surface area contributed by atoms with Crippen molar-refractivity contribution >= 4 is 0 Å². The van der Waals surface area contributed by atoms with Crippen LogP contribution in [0.5, 0.6) is 0 Å². The van der Waals surface area contributed by atoms with E-state index in [0.29, 0.717) is 5.41 Å². The molecule has 0 aromatic carbocycles. The fourth-order valence-electron chi connectivity index (χ4n) is 4.29. The predicted octanol–water partition coefficient (Wildman–Crippen LogP) is 4.99. The molecule has 1 heteroatoms. The minimum atomic E-state index is 0.488. The summed E-state index contributed by atoms with van der Waals surface area (Å²) < 4.78 is 0. The predicted molar refractivity (Wildman–Crippen MR) is 81.6 cm³/mol. The molecule has 1 fully saturated rings. The van der Waals surface area contributed by atoms with Crippen molar-refractivity contribution < 1.29 is 0 Å². The zero-order valence-electron chi connectivity index (χ0n) is 13.2. The van der Waals surface area contributed by atoms with Gasteiger partial charge in [0.15, 0.2) is 0 Å². The lowest BCUT2D eigenvalue weighted by atomic mass is 9.59. The molecule has 4 unspecified atom stereocenters. The Morgan fingerprint density at radius 2 is 1.89 bits per heavy atom. The lowest BCUT2D eigenvalue weighted by Gasteiger charge is -2.47. The molecule has 0 amide bonds. The molecule has 0 bridgehead atoms. The van der Waals surface area contributed by atoms with Gasteiger partial charge in [-0.15, -0.1) is 0 Å². The summed E-state index contributed by atoms with van der Waals surface area (Å²) in [6.45, 7) is 10.4. The zero-order chi connectivity index (χ0) is 13.6. The van der Waals surface area contributed by atoms with Crippen LogP contribution < -0.4 is 5.73 Å². The summed E-state index contributed by atoms with van der Waals surface area (Å²) in [7, 11) is 0. The van der Waals surface area contributed by atoms with E-state index < -0.39 is 0 Å². The van der Waals surface area contributed by atoms with Gasteiger partial charge in [0.1, 0.15) is 0 Å². The molecule has 0 saturated heterocycles. The average Bonchev–Trinajstić information content (AvgIpc) is 2.39. The van der Waals surface area contributed by atoms with Crippen LogP contribution >= 0.6 is 0 Å². The first kappa shape index (κ1) is 16.0. The van der Waals surface area contributed by atoms with Gasteiger partial charge in [0.25, 0.3) is 0 Å². The second kappa shape index (κ2) is 7.53. The van der Waals surface area contributed by atoms with Crippen LogP contribution in [0, 0.1) is 23.2 Å². The molecule has 1 saturated carbocycles. The maximum absolute atomic E-state index is 5.88. The molecule has 2 N–H and O–H groups in total. The summed E-state index contributed by atoms with van der Waals surface area (Å²) in [5.74, 6) is 2.86. The van der Waals surface area contributed by atoms with E-state index in [9.17, 15) is 0 Å². The highest BCUT2D eigenvalue weighted by Gasteiger charge is 2.40. The Morgan fingerprint density at radius 3 is 2.39 bits per heavy atom. The molecule has 0 heterocycles. The molecule has 0 radical (unpaired) electrons. The summed E-state index contributed by atoms with van der Waals surface area (Å²) >= 11 is 0. The first-order valence-electron chi connectivity index (χ1n) is 8.31. The van der Waals surface area contributed by atoms with Gasteiger partial charge in [0.05, 0.1) is 0 Å². The molecule has 1 aliphatic carbocycles. The van der Waals surface area contributed by atoms with Gasteiger partial charge in [0, 0.05) is 0 Å². The molecule has 0 aromatic heterocycles. The van der Waals surface area contributed by atoms with E-state index >= 15 is 0 Å². The van der Waals surface area contributed by atoms with E-state index in [1.807, 2.05) is 0 Å². The second-order valence-electron chi connectivity index (χ2n) is 6.79. The monoisotopic (exact) mass is 253 g/mol. The van der Waals surface area contributed by atoms with Crippen LogP contribution in [0.4, 0.5) is 0 Å². The van der Waals surface area contributed by atoms with E-state index in [4.69, 9.17) is 5.73 Å². The Kier molecular flexibility index (Phi) is 6.70. The van der Waals surface area contributed by atoms with Gasteiger partial charge in [-0.1, -0.05) is 59.8 Å². The summed E-state index contributed by atoms with van der Waals surface area (Å²) in [6.07, 6.45) is 11.1. The van der Waals surface area contributed by atoms with Crippen molar-refractivity contribution in [3.63, 3.8) is 0 Å². The topological polar surface area (TPSA) is 26.0 Å². The summed E-state index contributed by atoms with van der Waals surface area (Å²) in [5, 5.41) is 0. The molecule has 18 heavy (non-hydrogen) atoms. The molecule has 0 aromatic rings. The van der Waals surface area contributed by atoms with Crippen molar-refractivity contribution in [2.24, 2.45) is 28.9 Å². The van der Waals surface area contributed by atoms with Crippen LogP contribution in [0.25, 0.3) is 0 Å². The first-order valence-corrected chi connectivity index (χ1v) is 8.31. The van der Waals surface area contributed by atoms with Crippen LogP contribution in [-0.2, 0) is 0 Å². The molecule has 1 aliphatic rings.